The normalized spacial score (nSPS) is 20.8. The molecule has 0 radical (unpaired) electrons. The van der Waals surface area contributed by atoms with E-state index < -0.39 is 0 Å². The number of rotatable bonds is 5. The molecule has 0 spiro atoms. The van der Waals surface area contributed by atoms with Crippen LogP contribution in [0.5, 0.6) is 0 Å². The van der Waals surface area contributed by atoms with Crippen molar-refractivity contribution in [2.24, 2.45) is 0 Å². The van der Waals surface area contributed by atoms with Crippen LogP contribution in [0.15, 0.2) is 12.3 Å². The van der Waals surface area contributed by atoms with Crippen LogP contribution in [0.3, 0.4) is 0 Å². The van der Waals surface area contributed by atoms with Gasteiger partial charge < -0.3 is 9.64 Å². The molecule has 0 aliphatic carbocycles. The van der Waals surface area contributed by atoms with E-state index in [2.05, 4.69) is 20.3 Å². The van der Waals surface area contributed by atoms with Gasteiger partial charge in [-0.15, -0.1) is 0 Å². The number of carbonyl (C=O) groups excluding carboxylic acids is 1. The van der Waals surface area contributed by atoms with Crippen molar-refractivity contribution in [2.75, 3.05) is 20.2 Å². The zero-order chi connectivity index (χ0) is 16.4. The number of hydrogen-bond donors (Lipinski definition) is 1. The minimum Gasteiger partial charge on any atom is -0.376 e. The first-order valence-electron chi connectivity index (χ1n) is 7.77. The van der Waals surface area contributed by atoms with Gasteiger partial charge >= 0.3 is 0 Å². The minimum absolute atomic E-state index is 0.0113. The van der Waals surface area contributed by atoms with Crippen molar-refractivity contribution in [1.29, 1.82) is 0 Å². The average molecular weight is 318 g/mol. The summed E-state index contributed by atoms with van der Waals surface area (Å²) in [5.41, 5.74) is 0.970. The topological polar surface area (TPSA) is 88.9 Å². The zero-order valence-electron chi connectivity index (χ0n) is 13.7. The Labute approximate surface area is 134 Å². The fourth-order valence-electron chi connectivity index (χ4n) is 2.83. The largest absolute Gasteiger partial charge is 0.376 e. The minimum atomic E-state index is -0.0714. The molecule has 0 saturated carbocycles. The molecule has 0 bridgehead atoms. The fourth-order valence-corrected chi connectivity index (χ4v) is 2.83. The molecular weight excluding hydrogens is 296 g/mol. The summed E-state index contributed by atoms with van der Waals surface area (Å²) >= 11 is 0. The number of aromatic nitrogens is 5. The first kappa shape index (κ1) is 15.7. The van der Waals surface area contributed by atoms with Crippen molar-refractivity contribution in [1.82, 2.24) is 29.9 Å². The van der Waals surface area contributed by atoms with E-state index >= 15 is 0 Å². The van der Waals surface area contributed by atoms with Crippen LogP contribution in [-0.2, 0) is 16.1 Å². The summed E-state index contributed by atoms with van der Waals surface area (Å²) in [6.45, 7) is 5.25. The van der Waals surface area contributed by atoms with Gasteiger partial charge in [0.25, 0.3) is 0 Å². The smallest absolute Gasteiger partial charge is 0.244 e. The summed E-state index contributed by atoms with van der Waals surface area (Å²) in [7, 11) is 1.79. The van der Waals surface area contributed by atoms with Crippen molar-refractivity contribution in [3.8, 4) is 0 Å². The first-order valence-corrected chi connectivity index (χ1v) is 7.77. The molecule has 1 N–H and O–H groups in total. The Hall–Kier alpha value is -2.22. The summed E-state index contributed by atoms with van der Waals surface area (Å²) in [5.74, 6) is 1.71. The molecule has 23 heavy (non-hydrogen) atoms. The van der Waals surface area contributed by atoms with E-state index in [0.717, 1.165) is 23.8 Å². The molecule has 8 heteroatoms. The highest BCUT2D eigenvalue weighted by Gasteiger charge is 2.34. The van der Waals surface area contributed by atoms with Crippen LogP contribution in [0, 0.1) is 13.8 Å². The Morgan fingerprint density at radius 1 is 1.52 bits per heavy atom. The second-order valence-electron chi connectivity index (χ2n) is 5.99. The van der Waals surface area contributed by atoms with Crippen LogP contribution < -0.4 is 0 Å². The number of nitrogens with one attached hydrogen (secondary N) is 1. The van der Waals surface area contributed by atoms with E-state index in [1.165, 1.54) is 0 Å². The number of likely N-dealkylation sites (N-methyl/N-ethyl adjacent to an activating group) is 1. The predicted octanol–water partition coefficient (Wildman–Crippen LogP) is 0.649. The van der Waals surface area contributed by atoms with Crippen LogP contribution in [-0.4, -0.2) is 62.1 Å². The van der Waals surface area contributed by atoms with Crippen LogP contribution in [0.25, 0.3) is 0 Å². The van der Waals surface area contributed by atoms with Gasteiger partial charge in [-0.05, 0) is 26.3 Å². The molecule has 1 saturated heterocycles. The van der Waals surface area contributed by atoms with Gasteiger partial charge in [-0.25, -0.2) is 4.98 Å². The van der Waals surface area contributed by atoms with Gasteiger partial charge in [0.05, 0.1) is 12.0 Å². The zero-order valence-corrected chi connectivity index (χ0v) is 13.7. The van der Waals surface area contributed by atoms with Gasteiger partial charge in [-0.3, -0.25) is 14.6 Å². The molecule has 1 aliphatic heterocycles. The predicted molar refractivity (Wildman–Crippen MR) is 82.8 cm³/mol. The molecule has 1 aliphatic rings. The monoisotopic (exact) mass is 318 g/mol. The molecule has 3 rings (SSSR count). The maximum Gasteiger partial charge on any atom is 0.244 e. The van der Waals surface area contributed by atoms with Crippen LogP contribution in [0.4, 0.5) is 0 Å². The highest BCUT2D eigenvalue weighted by atomic mass is 16.5. The Balaban J connectivity index is 1.61. The summed E-state index contributed by atoms with van der Waals surface area (Å²) in [4.78, 5) is 18.5. The number of nitrogens with zero attached hydrogens (tertiary/aromatic N) is 5. The maximum atomic E-state index is 12.4. The third kappa shape index (κ3) is 3.42. The molecule has 1 amide bonds. The van der Waals surface area contributed by atoms with E-state index in [0.29, 0.717) is 13.2 Å². The van der Waals surface area contributed by atoms with E-state index in [1.54, 1.807) is 22.8 Å². The van der Waals surface area contributed by atoms with Crippen molar-refractivity contribution < 1.29 is 9.53 Å². The summed E-state index contributed by atoms with van der Waals surface area (Å²) in [5, 5.41) is 11.3. The number of aromatic amines is 1. The average Bonchev–Trinajstić information content (AvgIpc) is 3.22. The van der Waals surface area contributed by atoms with Gasteiger partial charge in [0.2, 0.25) is 5.91 Å². The SMILES string of the molecule is Cc1nc([C@@H]2CCO[C@@H]2CN(C)C(=O)Cn2nccc2C)n[nH]1. The van der Waals surface area contributed by atoms with E-state index in [1.807, 2.05) is 19.9 Å². The second-order valence-corrected chi connectivity index (χ2v) is 5.99. The lowest BCUT2D eigenvalue weighted by molar-refractivity contribution is -0.132. The Morgan fingerprint density at radius 2 is 2.35 bits per heavy atom. The Bertz CT molecular complexity index is 679. The lowest BCUT2D eigenvalue weighted by Crippen LogP contribution is -2.38. The van der Waals surface area contributed by atoms with Gasteiger partial charge in [-0.1, -0.05) is 0 Å². The van der Waals surface area contributed by atoms with Crippen LogP contribution in [0.1, 0.15) is 29.7 Å². The quantitative estimate of drug-likeness (QED) is 0.874. The van der Waals surface area contributed by atoms with Crippen molar-refractivity contribution in [2.45, 2.75) is 38.8 Å². The lowest BCUT2D eigenvalue weighted by atomic mass is 10.0. The molecule has 0 unspecified atom stereocenters. The molecule has 3 heterocycles. The summed E-state index contributed by atoms with van der Waals surface area (Å²) < 4.78 is 7.50. The van der Waals surface area contributed by atoms with E-state index in [-0.39, 0.29) is 24.5 Å². The molecule has 2 aromatic rings. The number of ether oxygens (including phenoxy) is 1. The number of aryl methyl sites for hydroxylation is 2. The fraction of sp³-hybridized carbons (Fsp3) is 0.600. The third-order valence-electron chi connectivity index (χ3n) is 4.25. The van der Waals surface area contributed by atoms with Gasteiger partial charge in [0.1, 0.15) is 12.4 Å². The van der Waals surface area contributed by atoms with Crippen LogP contribution >= 0.6 is 0 Å². The van der Waals surface area contributed by atoms with Gasteiger partial charge in [0, 0.05) is 32.1 Å². The Kier molecular flexibility index (Phi) is 4.42. The van der Waals surface area contributed by atoms with Gasteiger partial charge in [-0.2, -0.15) is 10.2 Å². The number of amides is 1. The first-order chi connectivity index (χ1) is 11.0. The molecule has 2 aromatic heterocycles. The highest BCUT2D eigenvalue weighted by molar-refractivity contribution is 5.75. The molecule has 1 fully saturated rings. The molecule has 0 aromatic carbocycles. The number of carbonyl (C=O) groups is 1. The van der Waals surface area contributed by atoms with Crippen molar-refractivity contribution in [3.63, 3.8) is 0 Å². The summed E-state index contributed by atoms with van der Waals surface area (Å²) in [6.07, 6.45) is 2.50. The van der Waals surface area contributed by atoms with E-state index in [9.17, 15) is 4.79 Å². The third-order valence-corrected chi connectivity index (χ3v) is 4.25. The van der Waals surface area contributed by atoms with Crippen molar-refractivity contribution in [3.05, 3.63) is 29.6 Å². The molecule has 2 atom stereocenters. The Morgan fingerprint density at radius 3 is 3.00 bits per heavy atom. The maximum absolute atomic E-state index is 12.4. The molecule has 124 valence electrons. The van der Waals surface area contributed by atoms with Crippen molar-refractivity contribution >= 4 is 5.91 Å². The van der Waals surface area contributed by atoms with Gasteiger partial charge in [0.15, 0.2) is 5.82 Å². The molecule has 8 nitrogen and oxygen atoms in total. The number of hydrogen-bond acceptors (Lipinski definition) is 5. The standard InChI is InChI=1S/C15H22N6O2/c1-10-4-6-16-21(10)9-14(22)20(3)8-13-12(5-7-23-13)15-17-11(2)18-19-15/h4,6,12-13H,5,7-9H2,1-3H3,(H,17,18,19)/t12-,13-/m1/s1. The number of H-pyrrole nitrogens is 1. The summed E-state index contributed by atoms with van der Waals surface area (Å²) in [6, 6.07) is 1.88. The molecular formula is C15H22N6O2. The second kappa shape index (κ2) is 6.49. The van der Waals surface area contributed by atoms with Crippen LogP contribution in [0.2, 0.25) is 0 Å². The van der Waals surface area contributed by atoms with E-state index in [4.69, 9.17) is 4.74 Å². The lowest BCUT2D eigenvalue weighted by Gasteiger charge is -2.24. The highest BCUT2D eigenvalue weighted by Crippen LogP contribution is 2.29.